The molecule has 3 heterocycles. The molecule has 0 aliphatic carbocycles. The number of aryl methyl sites for hydroxylation is 1. The smallest absolute Gasteiger partial charge is 0.137 e. The first kappa shape index (κ1) is 14.5. The van der Waals surface area contributed by atoms with Crippen molar-refractivity contribution in [3.05, 3.63) is 66.7 Å². The number of hydrogen-bond acceptors (Lipinski definition) is 3. The van der Waals surface area contributed by atoms with Gasteiger partial charge in [0.05, 0.1) is 7.11 Å². The van der Waals surface area contributed by atoms with E-state index in [1.165, 1.54) is 0 Å². The average Bonchev–Trinajstić information content (AvgIpc) is 3.05. The molecule has 0 saturated carbocycles. The van der Waals surface area contributed by atoms with Crippen molar-refractivity contribution in [2.24, 2.45) is 0 Å². The molecule has 4 heteroatoms. The summed E-state index contributed by atoms with van der Waals surface area (Å²) in [5.41, 5.74) is 6.46. The number of nitrogens with zero attached hydrogens (tertiary/aromatic N) is 2. The topological polar surface area (TPSA) is 50.8 Å². The Morgan fingerprint density at radius 3 is 2.58 bits per heavy atom. The molecule has 0 amide bonds. The van der Waals surface area contributed by atoms with Crippen molar-refractivity contribution < 1.29 is 4.74 Å². The van der Waals surface area contributed by atoms with Gasteiger partial charge in [0.25, 0.3) is 0 Å². The minimum Gasteiger partial charge on any atom is -0.497 e. The Morgan fingerprint density at radius 1 is 0.958 bits per heavy atom. The van der Waals surface area contributed by atoms with Gasteiger partial charge in [-0.25, -0.2) is 4.98 Å². The predicted octanol–water partition coefficient (Wildman–Crippen LogP) is 4.61. The third-order valence-electron chi connectivity index (χ3n) is 4.14. The van der Waals surface area contributed by atoms with Crippen molar-refractivity contribution >= 4 is 11.0 Å². The van der Waals surface area contributed by atoms with E-state index in [9.17, 15) is 0 Å². The normalized spacial score (nSPS) is 10.9. The number of benzene rings is 1. The molecule has 0 radical (unpaired) electrons. The van der Waals surface area contributed by atoms with Gasteiger partial charge >= 0.3 is 0 Å². The molecule has 0 atom stereocenters. The van der Waals surface area contributed by atoms with Crippen molar-refractivity contribution in [1.82, 2.24) is 15.0 Å². The number of methoxy groups -OCH3 is 1. The second-order valence-electron chi connectivity index (χ2n) is 5.80. The Balaban J connectivity index is 1.88. The summed E-state index contributed by atoms with van der Waals surface area (Å²) in [5, 5.41) is 1.10. The van der Waals surface area contributed by atoms with Crippen LogP contribution in [0.25, 0.3) is 33.3 Å². The molecule has 1 aromatic carbocycles. The molecule has 1 N–H and O–H groups in total. The second-order valence-corrected chi connectivity index (χ2v) is 5.80. The van der Waals surface area contributed by atoms with Crippen LogP contribution in [-0.4, -0.2) is 22.1 Å². The van der Waals surface area contributed by atoms with Gasteiger partial charge in [-0.05, 0) is 53.9 Å². The first-order chi connectivity index (χ1) is 11.7. The average molecular weight is 315 g/mol. The van der Waals surface area contributed by atoms with Gasteiger partial charge in [0, 0.05) is 41.3 Å². The SMILES string of the molecule is COc1cc(C)cc(-c2cnc3[nH]cc(-c4ccncc4)c3c2)c1. The van der Waals surface area contributed by atoms with E-state index in [4.69, 9.17) is 4.74 Å². The maximum absolute atomic E-state index is 5.39. The maximum atomic E-state index is 5.39. The van der Waals surface area contributed by atoms with E-state index < -0.39 is 0 Å². The quantitative estimate of drug-likeness (QED) is 0.600. The third kappa shape index (κ3) is 2.52. The summed E-state index contributed by atoms with van der Waals surface area (Å²) in [6.07, 6.45) is 7.49. The number of rotatable bonds is 3. The molecule has 0 fully saturated rings. The minimum absolute atomic E-state index is 0.855. The van der Waals surface area contributed by atoms with Crippen molar-refractivity contribution in [3.8, 4) is 28.0 Å². The zero-order valence-corrected chi connectivity index (χ0v) is 13.6. The molecule has 4 rings (SSSR count). The van der Waals surface area contributed by atoms with E-state index >= 15 is 0 Å². The molecule has 0 aliphatic rings. The zero-order valence-electron chi connectivity index (χ0n) is 13.6. The van der Waals surface area contributed by atoms with Crippen molar-refractivity contribution in [1.29, 1.82) is 0 Å². The number of ether oxygens (including phenoxy) is 1. The Morgan fingerprint density at radius 2 is 1.79 bits per heavy atom. The summed E-state index contributed by atoms with van der Waals surface area (Å²) in [7, 11) is 1.69. The van der Waals surface area contributed by atoms with Gasteiger partial charge in [-0.2, -0.15) is 0 Å². The fourth-order valence-corrected chi connectivity index (χ4v) is 2.96. The maximum Gasteiger partial charge on any atom is 0.137 e. The Labute approximate surface area is 140 Å². The lowest BCUT2D eigenvalue weighted by molar-refractivity contribution is 0.414. The fourth-order valence-electron chi connectivity index (χ4n) is 2.96. The molecule has 0 aliphatic heterocycles. The lowest BCUT2D eigenvalue weighted by Crippen LogP contribution is -1.88. The van der Waals surface area contributed by atoms with Crippen LogP contribution in [0.5, 0.6) is 5.75 Å². The Bertz CT molecular complexity index is 1010. The van der Waals surface area contributed by atoms with Gasteiger partial charge in [-0.3, -0.25) is 4.98 Å². The molecule has 118 valence electrons. The van der Waals surface area contributed by atoms with E-state index in [0.717, 1.165) is 44.6 Å². The number of fused-ring (bicyclic) bond motifs is 1. The summed E-state index contributed by atoms with van der Waals surface area (Å²) in [5.74, 6) is 0.855. The highest BCUT2D eigenvalue weighted by Crippen LogP contribution is 2.32. The highest BCUT2D eigenvalue weighted by atomic mass is 16.5. The molecule has 4 aromatic rings. The summed E-state index contributed by atoms with van der Waals surface area (Å²) < 4.78 is 5.39. The van der Waals surface area contributed by atoms with Crippen LogP contribution in [0.4, 0.5) is 0 Å². The molecular weight excluding hydrogens is 298 g/mol. The number of aromatic nitrogens is 3. The van der Waals surface area contributed by atoms with E-state index in [1.54, 1.807) is 19.5 Å². The van der Waals surface area contributed by atoms with E-state index in [2.05, 4.69) is 34.0 Å². The highest BCUT2D eigenvalue weighted by Gasteiger charge is 2.10. The summed E-state index contributed by atoms with van der Waals surface area (Å²) >= 11 is 0. The van der Waals surface area contributed by atoms with Crippen molar-refractivity contribution in [2.45, 2.75) is 6.92 Å². The van der Waals surface area contributed by atoms with Crippen LogP contribution in [-0.2, 0) is 0 Å². The Kier molecular flexibility index (Phi) is 3.50. The van der Waals surface area contributed by atoms with Crippen molar-refractivity contribution in [2.75, 3.05) is 7.11 Å². The number of hydrogen-bond donors (Lipinski definition) is 1. The molecule has 24 heavy (non-hydrogen) atoms. The minimum atomic E-state index is 0.855. The van der Waals surface area contributed by atoms with Gasteiger partial charge < -0.3 is 9.72 Å². The molecular formula is C20H17N3O. The van der Waals surface area contributed by atoms with Crippen LogP contribution in [0.2, 0.25) is 0 Å². The van der Waals surface area contributed by atoms with Gasteiger partial charge in [0.1, 0.15) is 11.4 Å². The first-order valence-corrected chi connectivity index (χ1v) is 7.78. The van der Waals surface area contributed by atoms with E-state index in [1.807, 2.05) is 36.7 Å². The largest absolute Gasteiger partial charge is 0.497 e. The number of nitrogens with one attached hydrogen (secondary N) is 1. The summed E-state index contributed by atoms with van der Waals surface area (Å²) in [4.78, 5) is 11.9. The molecule has 3 aromatic heterocycles. The van der Waals surface area contributed by atoms with Crippen LogP contribution in [0.15, 0.2) is 61.2 Å². The molecule has 0 unspecified atom stereocenters. The second kappa shape index (κ2) is 5.81. The van der Waals surface area contributed by atoms with Gasteiger partial charge in [0.15, 0.2) is 0 Å². The number of H-pyrrole nitrogens is 1. The summed E-state index contributed by atoms with van der Waals surface area (Å²) in [6, 6.07) is 12.4. The van der Waals surface area contributed by atoms with Gasteiger partial charge in [-0.15, -0.1) is 0 Å². The van der Waals surface area contributed by atoms with Crippen LogP contribution >= 0.6 is 0 Å². The molecule has 0 spiro atoms. The van der Waals surface area contributed by atoms with E-state index in [0.29, 0.717) is 0 Å². The Hall–Kier alpha value is -3.14. The molecule has 4 nitrogen and oxygen atoms in total. The highest BCUT2D eigenvalue weighted by molar-refractivity contribution is 5.95. The molecule has 0 bridgehead atoms. The first-order valence-electron chi connectivity index (χ1n) is 7.78. The number of pyridine rings is 2. The lowest BCUT2D eigenvalue weighted by Gasteiger charge is -2.07. The fraction of sp³-hybridized carbons (Fsp3) is 0.100. The lowest BCUT2D eigenvalue weighted by atomic mass is 10.0. The van der Waals surface area contributed by atoms with Gasteiger partial charge in [-0.1, -0.05) is 6.07 Å². The monoisotopic (exact) mass is 315 g/mol. The summed E-state index contributed by atoms with van der Waals surface area (Å²) in [6.45, 7) is 2.07. The molecule has 0 saturated heterocycles. The van der Waals surface area contributed by atoms with Crippen LogP contribution in [0.1, 0.15) is 5.56 Å². The van der Waals surface area contributed by atoms with Crippen LogP contribution in [0, 0.1) is 6.92 Å². The predicted molar refractivity (Wildman–Crippen MR) is 96.0 cm³/mol. The third-order valence-corrected chi connectivity index (χ3v) is 4.14. The van der Waals surface area contributed by atoms with E-state index in [-0.39, 0.29) is 0 Å². The van der Waals surface area contributed by atoms with Crippen LogP contribution in [0.3, 0.4) is 0 Å². The standard InChI is InChI=1S/C20H17N3O/c1-13-7-15(9-17(8-13)24-2)16-10-18-19(12-23-20(18)22-11-16)14-3-5-21-6-4-14/h3-12H,1-2H3,(H,22,23). The van der Waals surface area contributed by atoms with Crippen LogP contribution < -0.4 is 4.74 Å². The van der Waals surface area contributed by atoms with Crippen molar-refractivity contribution in [3.63, 3.8) is 0 Å². The zero-order chi connectivity index (χ0) is 16.5. The van der Waals surface area contributed by atoms with Gasteiger partial charge in [0.2, 0.25) is 0 Å². The number of aromatic amines is 1.